The molecule has 0 bridgehead atoms. The van der Waals surface area contributed by atoms with Gasteiger partial charge in [-0.15, -0.1) is 0 Å². The van der Waals surface area contributed by atoms with Gasteiger partial charge in [0.2, 0.25) is 0 Å². The number of nitrogens with zero attached hydrogens (tertiary/aromatic N) is 1. The molecule has 0 saturated carbocycles. The van der Waals surface area contributed by atoms with Crippen LogP contribution >= 0.6 is 0 Å². The number of rotatable bonds is 6. The standard InChI is InChI=1S/C21H20F2N2O4/c1-12-4-5-13(2)16(10-12)17(26)11-25-18(27)21(3,24-20(25)28)14-6-8-15(9-7-14)29-19(22)23/h4-10,19H,11H2,1-3H3,(H,24,28). The molecule has 3 amide bonds. The summed E-state index contributed by atoms with van der Waals surface area (Å²) in [4.78, 5) is 38.9. The van der Waals surface area contributed by atoms with Gasteiger partial charge in [-0.3, -0.25) is 14.5 Å². The number of halogens is 2. The van der Waals surface area contributed by atoms with Crippen LogP contribution in [0.2, 0.25) is 0 Å². The van der Waals surface area contributed by atoms with E-state index in [0.29, 0.717) is 11.1 Å². The van der Waals surface area contributed by atoms with E-state index in [9.17, 15) is 23.2 Å². The maximum Gasteiger partial charge on any atom is 0.387 e. The number of ketones is 1. The molecule has 1 saturated heterocycles. The fraction of sp³-hybridized carbons (Fsp3) is 0.286. The zero-order valence-corrected chi connectivity index (χ0v) is 16.2. The van der Waals surface area contributed by atoms with Crippen molar-refractivity contribution in [1.29, 1.82) is 0 Å². The van der Waals surface area contributed by atoms with Gasteiger partial charge in [-0.2, -0.15) is 8.78 Å². The van der Waals surface area contributed by atoms with Crippen LogP contribution in [-0.4, -0.2) is 35.8 Å². The molecule has 1 N–H and O–H groups in total. The van der Waals surface area contributed by atoms with E-state index in [1.165, 1.54) is 31.2 Å². The summed E-state index contributed by atoms with van der Waals surface area (Å²) in [6, 6.07) is 10.1. The van der Waals surface area contributed by atoms with Crippen molar-refractivity contribution in [3.63, 3.8) is 0 Å². The van der Waals surface area contributed by atoms with E-state index in [2.05, 4.69) is 10.1 Å². The third-order valence-corrected chi connectivity index (χ3v) is 4.93. The number of benzene rings is 2. The van der Waals surface area contributed by atoms with Gasteiger partial charge >= 0.3 is 12.6 Å². The molecule has 0 radical (unpaired) electrons. The zero-order chi connectivity index (χ0) is 21.3. The van der Waals surface area contributed by atoms with E-state index in [1.807, 2.05) is 19.1 Å². The minimum atomic E-state index is -2.96. The number of aryl methyl sites for hydroxylation is 2. The number of amides is 3. The number of Topliss-reactive ketones (excluding diaryl/α,β-unsaturated/α-hetero) is 1. The first-order chi connectivity index (χ1) is 13.6. The van der Waals surface area contributed by atoms with Gasteiger partial charge < -0.3 is 10.1 Å². The van der Waals surface area contributed by atoms with Gasteiger partial charge in [0.1, 0.15) is 11.3 Å². The zero-order valence-electron chi connectivity index (χ0n) is 16.2. The summed E-state index contributed by atoms with van der Waals surface area (Å²) >= 11 is 0. The van der Waals surface area contributed by atoms with Gasteiger partial charge in [0, 0.05) is 5.56 Å². The first kappa shape index (κ1) is 20.4. The lowest BCUT2D eigenvalue weighted by molar-refractivity contribution is -0.130. The Balaban J connectivity index is 1.81. The molecule has 29 heavy (non-hydrogen) atoms. The number of carbonyl (C=O) groups is 3. The summed E-state index contributed by atoms with van der Waals surface area (Å²) < 4.78 is 28.9. The summed E-state index contributed by atoms with van der Waals surface area (Å²) in [6.07, 6.45) is 0. The van der Waals surface area contributed by atoms with Crippen molar-refractivity contribution in [2.45, 2.75) is 32.9 Å². The Kier molecular flexibility index (Phi) is 5.37. The van der Waals surface area contributed by atoms with Crippen molar-refractivity contribution >= 4 is 17.7 Å². The molecule has 2 aromatic carbocycles. The average molecular weight is 402 g/mol. The van der Waals surface area contributed by atoms with Gasteiger partial charge in [0.25, 0.3) is 5.91 Å². The summed E-state index contributed by atoms with van der Waals surface area (Å²) in [5.41, 5.74) is 1.08. The highest BCUT2D eigenvalue weighted by Crippen LogP contribution is 2.30. The number of hydrogen-bond donors (Lipinski definition) is 1. The fourth-order valence-electron chi connectivity index (χ4n) is 3.27. The molecule has 0 aromatic heterocycles. The first-order valence-electron chi connectivity index (χ1n) is 8.92. The average Bonchev–Trinajstić information content (AvgIpc) is 2.87. The molecule has 152 valence electrons. The molecule has 1 heterocycles. The minimum absolute atomic E-state index is 0.0638. The molecule has 1 unspecified atom stereocenters. The van der Waals surface area contributed by atoms with Crippen molar-refractivity contribution < 1.29 is 27.9 Å². The second-order valence-electron chi connectivity index (χ2n) is 7.09. The number of nitrogens with one attached hydrogen (secondary N) is 1. The topological polar surface area (TPSA) is 75.7 Å². The molecule has 1 aliphatic heterocycles. The summed E-state index contributed by atoms with van der Waals surface area (Å²) in [6.45, 7) is 1.78. The minimum Gasteiger partial charge on any atom is -0.435 e. The highest BCUT2D eigenvalue weighted by molar-refractivity contribution is 6.11. The molecule has 8 heteroatoms. The predicted molar refractivity (Wildman–Crippen MR) is 101 cm³/mol. The van der Waals surface area contributed by atoms with E-state index in [1.54, 1.807) is 13.0 Å². The largest absolute Gasteiger partial charge is 0.435 e. The number of ether oxygens (including phenoxy) is 1. The van der Waals surface area contributed by atoms with Crippen LogP contribution in [-0.2, 0) is 10.3 Å². The SMILES string of the molecule is Cc1ccc(C)c(C(=O)CN2C(=O)NC(C)(c3ccc(OC(F)F)cc3)C2=O)c1. The lowest BCUT2D eigenvalue weighted by Crippen LogP contribution is -2.41. The molecule has 1 fully saturated rings. The quantitative estimate of drug-likeness (QED) is 0.592. The van der Waals surface area contributed by atoms with E-state index >= 15 is 0 Å². The van der Waals surface area contributed by atoms with Crippen LogP contribution in [0.1, 0.15) is 34.0 Å². The highest BCUT2D eigenvalue weighted by Gasteiger charge is 2.49. The highest BCUT2D eigenvalue weighted by atomic mass is 19.3. The Labute approximate surface area is 166 Å². The van der Waals surface area contributed by atoms with E-state index in [-0.39, 0.29) is 11.5 Å². The van der Waals surface area contributed by atoms with Gasteiger partial charge in [-0.1, -0.05) is 29.8 Å². The second kappa shape index (κ2) is 7.62. The molecule has 0 aliphatic carbocycles. The van der Waals surface area contributed by atoms with Crippen LogP contribution in [0.25, 0.3) is 0 Å². The van der Waals surface area contributed by atoms with Gasteiger partial charge in [0.15, 0.2) is 5.78 Å². The van der Waals surface area contributed by atoms with Crippen LogP contribution < -0.4 is 10.1 Å². The molecule has 0 spiro atoms. The molecule has 1 atom stereocenters. The van der Waals surface area contributed by atoms with E-state index < -0.39 is 30.6 Å². The van der Waals surface area contributed by atoms with E-state index in [0.717, 1.165) is 16.0 Å². The predicted octanol–water partition coefficient (Wildman–Crippen LogP) is 3.55. The smallest absolute Gasteiger partial charge is 0.387 e. The molecule has 3 rings (SSSR count). The normalized spacial score (nSPS) is 18.9. The monoisotopic (exact) mass is 402 g/mol. The lowest BCUT2D eigenvalue weighted by Gasteiger charge is -2.22. The van der Waals surface area contributed by atoms with Crippen LogP contribution in [0.3, 0.4) is 0 Å². The molecule has 1 aliphatic rings. The van der Waals surface area contributed by atoms with Crippen LogP contribution in [0.15, 0.2) is 42.5 Å². The Bertz CT molecular complexity index is 975. The van der Waals surface area contributed by atoms with Crippen molar-refractivity contribution in [2.24, 2.45) is 0 Å². The summed E-state index contributed by atoms with van der Waals surface area (Å²) in [7, 11) is 0. The first-order valence-corrected chi connectivity index (χ1v) is 8.92. The maximum absolute atomic E-state index is 13.0. The second-order valence-corrected chi connectivity index (χ2v) is 7.09. The summed E-state index contributed by atoms with van der Waals surface area (Å²) in [5, 5.41) is 2.59. The number of imide groups is 1. The van der Waals surface area contributed by atoms with Gasteiger partial charge in [0.05, 0.1) is 6.54 Å². The number of alkyl halides is 2. The third-order valence-electron chi connectivity index (χ3n) is 4.93. The molecule has 6 nitrogen and oxygen atoms in total. The Morgan fingerprint density at radius 2 is 1.79 bits per heavy atom. The molecule has 2 aromatic rings. The van der Waals surface area contributed by atoms with Crippen LogP contribution in [0.4, 0.5) is 13.6 Å². The van der Waals surface area contributed by atoms with Crippen molar-refractivity contribution in [3.05, 3.63) is 64.7 Å². The van der Waals surface area contributed by atoms with Crippen LogP contribution in [0, 0.1) is 13.8 Å². The van der Waals surface area contributed by atoms with Crippen molar-refractivity contribution in [2.75, 3.05) is 6.54 Å². The van der Waals surface area contributed by atoms with Crippen molar-refractivity contribution in [1.82, 2.24) is 10.2 Å². The van der Waals surface area contributed by atoms with Crippen LogP contribution in [0.5, 0.6) is 5.75 Å². The van der Waals surface area contributed by atoms with Gasteiger partial charge in [-0.05, 0) is 50.1 Å². The van der Waals surface area contributed by atoms with E-state index in [4.69, 9.17) is 0 Å². The molecular formula is C21H20F2N2O4. The maximum atomic E-state index is 13.0. The fourth-order valence-corrected chi connectivity index (χ4v) is 3.27. The third kappa shape index (κ3) is 3.96. The number of hydrogen-bond acceptors (Lipinski definition) is 4. The van der Waals surface area contributed by atoms with Gasteiger partial charge in [-0.25, -0.2) is 4.79 Å². The number of carbonyl (C=O) groups excluding carboxylic acids is 3. The van der Waals surface area contributed by atoms with Crippen molar-refractivity contribution in [3.8, 4) is 5.75 Å². The number of urea groups is 1. The summed E-state index contributed by atoms with van der Waals surface area (Å²) in [5.74, 6) is -1.01. The molecular weight excluding hydrogens is 382 g/mol. The Morgan fingerprint density at radius 1 is 1.14 bits per heavy atom. The lowest BCUT2D eigenvalue weighted by atomic mass is 9.92. The Morgan fingerprint density at radius 3 is 2.41 bits per heavy atom. The Hall–Kier alpha value is -3.29.